The molecule has 25 heavy (non-hydrogen) atoms. The second kappa shape index (κ2) is 7.72. The summed E-state index contributed by atoms with van der Waals surface area (Å²) in [7, 11) is 1.67. The Morgan fingerprint density at radius 2 is 1.88 bits per heavy atom. The van der Waals surface area contributed by atoms with Gasteiger partial charge in [-0.1, -0.05) is 24.3 Å². The maximum Gasteiger partial charge on any atom is 0.268 e. The van der Waals surface area contributed by atoms with Crippen LogP contribution in [-0.4, -0.2) is 23.8 Å². The molecule has 5 nitrogen and oxygen atoms in total. The van der Waals surface area contributed by atoms with Crippen LogP contribution in [0.4, 0.5) is 5.69 Å². The summed E-state index contributed by atoms with van der Waals surface area (Å²) in [6.07, 6.45) is 1.68. The van der Waals surface area contributed by atoms with Gasteiger partial charge in [-0.25, -0.2) is 0 Å². The van der Waals surface area contributed by atoms with Crippen molar-refractivity contribution in [2.24, 2.45) is 0 Å². The van der Waals surface area contributed by atoms with Gasteiger partial charge in [0, 0.05) is 13.2 Å². The highest BCUT2D eigenvalue weighted by atomic mass is 32.1. The number of hydrogen-bond acceptors (Lipinski definition) is 4. The third kappa shape index (κ3) is 3.92. The molecule has 0 saturated carbocycles. The monoisotopic (exact) mass is 351 g/mol. The lowest BCUT2D eigenvalue weighted by atomic mass is 10.1. The number of pyridine rings is 1. The maximum atomic E-state index is 12.6. The third-order valence-corrected chi connectivity index (χ3v) is 4.56. The first-order chi connectivity index (χ1) is 12.2. The van der Waals surface area contributed by atoms with Crippen LogP contribution in [0.3, 0.4) is 0 Å². The number of rotatable bonds is 5. The lowest BCUT2D eigenvalue weighted by Crippen LogP contribution is -2.30. The highest BCUT2D eigenvalue weighted by molar-refractivity contribution is 7.12. The van der Waals surface area contributed by atoms with E-state index < -0.39 is 0 Å². The van der Waals surface area contributed by atoms with E-state index in [1.165, 1.54) is 16.2 Å². The van der Waals surface area contributed by atoms with Crippen molar-refractivity contribution in [2.75, 3.05) is 11.9 Å². The van der Waals surface area contributed by atoms with Gasteiger partial charge < -0.3 is 10.2 Å². The fourth-order valence-electron chi connectivity index (χ4n) is 2.40. The number of benzene rings is 1. The molecule has 0 radical (unpaired) electrons. The Hall–Kier alpha value is -2.99. The Balaban J connectivity index is 1.78. The summed E-state index contributed by atoms with van der Waals surface area (Å²) >= 11 is 1.38. The summed E-state index contributed by atoms with van der Waals surface area (Å²) in [5.74, 6) is -0.382. The number of nitrogens with one attached hydrogen (secondary N) is 1. The number of thiophene rings is 1. The van der Waals surface area contributed by atoms with Crippen LogP contribution in [0, 0.1) is 0 Å². The molecule has 0 fully saturated rings. The van der Waals surface area contributed by atoms with Gasteiger partial charge >= 0.3 is 0 Å². The lowest BCUT2D eigenvalue weighted by molar-refractivity contribution is 0.0951. The van der Waals surface area contributed by atoms with Crippen molar-refractivity contribution in [2.45, 2.75) is 6.54 Å². The van der Waals surface area contributed by atoms with Crippen LogP contribution in [0.1, 0.15) is 25.7 Å². The van der Waals surface area contributed by atoms with Gasteiger partial charge in [0.05, 0.1) is 28.4 Å². The molecule has 6 heteroatoms. The standard InChI is InChI=1S/C19H17N3O2S/c1-22(19(24)17-10-6-12-25-17)16-9-3-2-8-15(16)18(23)21-13-14-7-4-5-11-20-14/h2-12H,13H2,1H3,(H,21,23). The van der Waals surface area contributed by atoms with E-state index in [0.717, 1.165) is 5.69 Å². The van der Waals surface area contributed by atoms with E-state index >= 15 is 0 Å². The summed E-state index contributed by atoms with van der Waals surface area (Å²) in [5, 5.41) is 4.70. The highest BCUT2D eigenvalue weighted by Crippen LogP contribution is 2.22. The van der Waals surface area contributed by atoms with E-state index in [4.69, 9.17) is 0 Å². The molecule has 3 rings (SSSR count). The molecule has 0 aliphatic carbocycles. The molecule has 0 saturated heterocycles. The van der Waals surface area contributed by atoms with Crippen molar-refractivity contribution in [3.63, 3.8) is 0 Å². The van der Waals surface area contributed by atoms with Gasteiger partial charge in [0.1, 0.15) is 0 Å². The molecule has 0 bridgehead atoms. The summed E-state index contributed by atoms with van der Waals surface area (Å²) in [6.45, 7) is 0.330. The average Bonchev–Trinajstić information content (AvgIpc) is 3.20. The normalized spacial score (nSPS) is 10.3. The fourth-order valence-corrected chi connectivity index (χ4v) is 3.10. The van der Waals surface area contributed by atoms with E-state index in [0.29, 0.717) is 22.7 Å². The SMILES string of the molecule is CN(C(=O)c1cccs1)c1ccccc1C(=O)NCc1ccccn1. The molecule has 1 aromatic carbocycles. The molecule has 0 atom stereocenters. The first-order valence-corrected chi connectivity index (χ1v) is 8.63. The van der Waals surface area contributed by atoms with Crippen LogP contribution >= 0.6 is 11.3 Å². The fraction of sp³-hybridized carbons (Fsp3) is 0.105. The molecule has 126 valence electrons. The zero-order valence-electron chi connectivity index (χ0n) is 13.7. The molecule has 0 aliphatic rings. The molecule has 0 unspecified atom stereocenters. The Morgan fingerprint density at radius 1 is 1.08 bits per heavy atom. The van der Waals surface area contributed by atoms with Gasteiger partial charge in [-0.3, -0.25) is 14.6 Å². The van der Waals surface area contributed by atoms with Gasteiger partial charge in [-0.15, -0.1) is 11.3 Å². The molecule has 2 amide bonds. The third-order valence-electron chi connectivity index (χ3n) is 3.70. The van der Waals surface area contributed by atoms with Crippen molar-refractivity contribution in [1.29, 1.82) is 0 Å². The van der Waals surface area contributed by atoms with E-state index in [-0.39, 0.29) is 11.8 Å². The molecule has 1 N–H and O–H groups in total. The number of para-hydroxylation sites is 1. The van der Waals surface area contributed by atoms with Crippen molar-refractivity contribution in [3.8, 4) is 0 Å². The average molecular weight is 351 g/mol. The number of aromatic nitrogens is 1. The number of hydrogen-bond donors (Lipinski definition) is 1. The maximum absolute atomic E-state index is 12.6. The summed E-state index contributed by atoms with van der Waals surface area (Å²) in [4.78, 5) is 31.5. The molecule has 0 spiro atoms. The summed E-state index contributed by atoms with van der Waals surface area (Å²) in [6, 6.07) is 16.2. The topological polar surface area (TPSA) is 62.3 Å². The van der Waals surface area contributed by atoms with E-state index in [1.54, 1.807) is 37.5 Å². The van der Waals surface area contributed by atoms with Gasteiger partial charge in [-0.2, -0.15) is 0 Å². The molecule has 2 heterocycles. The number of carbonyl (C=O) groups excluding carboxylic acids is 2. The second-order valence-electron chi connectivity index (χ2n) is 5.36. The van der Waals surface area contributed by atoms with Crippen LogP contribution in [0.5, 0.6) is 0 Å². The zero-order chi connectivity index (χ0) is 17.6. The Kier molecular flexibility index (Phi) is 5.20. The highest BCUT2D eigenvalue weighted by Gasteiger charge is 2.20. The van der Waals surface area contributed by atoms with Crippen LogP contribution < -0.4 is 10.2 Å². The first kappa shape index (κ1) is 16.9. The summed E-state index contributed by atoms with van der Waals surface area (Å²) < 4.78 is 0. The quantitative estimate of drug-likeness (QED) is 0.767. The van der Waals surface area contributed by atoms with Crippen LogP contribution in [0.25, 0.3) is 0 Å². The Bertz CT molecular complexity index is 863. The van der Waals surface area contributed by atoms with Crippen LogP contribution in [-0.2, 0) is 6.54 Å². The predicted molar refractivity (Wildman–Crippen MR) is 98.9 cm³/mol. The first-order valence-electron chi connectivity index (χ1n) is 7.75. The minimum absolute atomic E-state index is 0.139. The Morgan fingerprint density at radius 3 is 2.60 bits per heavy atom. The van der Waals surface area contributed by atoms with Crippen molar-refractivity contribution in [1.82, 2.24) is 10.3 Å². The molecule has 0 aliphatic heterocycles. The number of nitrogens with zero attached hydrogens (tertiary/aromatic N) is 2. The van der Waals surface area contributed by atoms with E-state index in [2.05, 4.69) is 10.3 Å². The predicted octanol–water partition coefficient (Wildman–Crippen LogP) is 3.35. The number of carbonyl (C=O) groups is 2. The van der Waals surface area contributed by atoms with Crippen molar-refractivity contribution >= 4 is 28.8 Å². The zero-order valence-corrected chi connectivity index (χ0v) is 14.5. The number of amides is 2. The Labute approximate surface area is 149 Å². The molecular formula is C19H17N3O2S. The number of anilines is 1. The van der Waals surface area contributed by atoms with Crippen LogP contribution in [0.15, 0.2) is 66.2 Å². The van der Waals surface area contributed by atoms with Crippen molar-refractivity contribution < 1.29 is 9.59 Å². The van der Waals surface area contributed by atoms with Gasteiger partial charge in [-0.05, 0) is 35.7 Å². The largest absolute Gasteiger partial charge is 0.346 e. The van der Waals surface area contributed by atoms with E-state index in [9.17, 15) is 9.59 Å². The summed E-state index contributed by atoms with van der Waals surface area (Å²) in [5.41, 5.74) is 1.79. The molecule has 2 aromatic heterocycles. The van der Waals surface area contributed by atoms with Gasteiger partial charge in [0.2, 0.25) is 0 Å². The second-order valence-corrected chi connectivity index (χ2v) is 6.31. The molecular weight excluding hydrogens is 334 g/mol. The van der Waals surface area contributed by atoms with Gasteiger partial charge in [0.15, 0.2) is 0 Å². The smallest absolute Gasteiger partial charge is 0.268 e. The van der Waals surface area contributed by atoms with Crippen LogP contribution in [0.2, 0.25) is 0 Å². The molecule has 3 aromatic rings. The van der Waals surface area contributed by atoms with Gasteiger partial charge in [0.25, 0.3) is 11.8 Å². The minimum atomic E-state index is -0.243. The lowest BCUT2D eigenvalue weighted by Gasteiger charge is -2.19. The van der Waals surface area contributed by atoms with Crippen molar-refractivity contribution in [3.05, 3.63) is 82.3 Å². The van der Waals surface area contributed by atoms with E-state index in [1.807, 2.05) is 35.7 Å². The minimum Gasteiger partial charge on any atom is -0.346 e.